The molecule has 1 N–H and O–H groups in total. The van der Waals surface area contributed by atoms with Crippen molar-refractivity contribution >= 4 is 34.1 Å². The SMILES string of the molecule is Cc1cccc(NC(=O)CSc2nnc(-c3ccccc3)c3ccccc23)c1C. The second-order valence-corrected chi connectivity index (χ2v) is 7.81. The largest absolute Gasteiger partial charge is 0.325 e. The summed E-state index contributed by atoms with van der Waals surface area (Å²) >= 11 is 1.41. The highest BCUT2D eigenvalue weighted by Gasteiger charge is 2.13. The molecule has 1 amide bonds. The highest BCUT2D eigenvalue weighted by molar-refractivity contribution is 8.00. The quantitative estimate of drug-likeness (QED) is 0.441. The first-order valence-corrected chi connectivity index (χ1v) is 10.4. The fourth-order valence-corrected chi connectivity index (χ4v) is 3.97. The van der Waals surface area contributed by atoms with Gasteiger partial charge in [-0.05, 0) is 31.0 Å². The van der Waals surface area contributed by atoms with Gasteiger partial charge in [0.15, 0.2) is 0 Å². The third-order valence-electron chi connectivity index (χ3n) is 4.92. The van der Waals surface area contributed by atoms with Crippen LogP contribution in [0.3, 0.4) is 0 Å². The number of amides is 1. The minimum absolute atomic E-state index is 0.0540. The number of hydrogen-bond donors (Lipinski definition) is 1. The fourth-order valence-electron chi connectivity index (χ4n) is 3.20. The summed E-state index contributed by atoms with van der Waals surface area (Å²) in [5.74, 6) is 0.221. The molecule has 0 saturated heterocycles. The first kappa shape index (κ1) is 19.2. The number of nitrogens with one attached hydrogen (secondary N) is 1. The fraction of sp³-hybridized carbons (Fsp3) is 0.125. The molecule has 0 atom stereocenters. The number of rotatable bonds is 5. The van der Waals surface area contributed by atoms with E-state index in [4.69, 9.17) is 0 Å². The molecule has 29 heavy (non-hydrogen) atoms. The maximum Gasteiger partial charge on any atom is 0.234 e. The second-order valence-electron chi connectivity index (χ2n) is 6.85. The highest BCUT2D eigenvalue weighted by Crippen LogP contribution is 2.31. The summed E-state index contributed by atoms with van der Waals surface area (Å²) in [6, 6.07) is 24.0. The van der Waals surface area contributed by atoms with Crippen LogP contribution < -0.4 is 5.32 Å². The third-order valence-corrected chi connectivity index (χ3v) is 5.90. The Morgan fingerprint density at radius 2 is 1.59 bits per heavy atom. The topological polar surface area (TPSA) is 54.9 Å². The summed E-state index contributed by atoms with van der Waals surface area (Å²) in [6.45, 7) is 4.05. The van der Waals surface area contributed by atoms with Crippen molar-refractivity contribution in [2.24, 2.45) is 0 Å². The Hall–Kier alpha value is -3.18. The first-order valence-electron chi connectivity index (χ1n) is 9.43. The molecule has 0 bridgehead atoms. The van der Waals surface area contributed by atoms with Crippen LogP contribution in [0, 0.1) is 13.8 Å². The van der Waals surface area contributed by atoms with Crippen molar-refractivity contribution in [3.63, 3.8) is 0 Å². The van der Waals surface area contributed by atoms with E-state index in [1.165, 1.54) is 11.8 Å². The Kier molecular flexibility index (Phi) is 5.58. The van der Waals surface area contributed by atoms with Gasteiger partial charge in [-0.25, -0.2) is 0 Å². The van der Waals surface area contributed by atoms with Crippen LogP contribution in [0.25, 0.3) is 22.0 Å². The normalized spacial score (nSPS) is 10.8. The van der Waals surface area contributed by atoms with E-state index in [9.17, 15) is 4.79 Å². The van der Waals surface area contributed by atoms with Gasteiger partial charge in [0.25, 0.3) is 0 Å². The van der Waals surface area contributed by atoms with Gasteiger partial charge in [-0.1, -0.05) is 78.5 Å². The lowest BCUT2D eigenvalue weighted by Gasteiger charge is -2.11. The van der Waals surface area contributed by atoms with Gasteiger partial charge in [-0.2, -0.15) is 0 Å². The van der Waals surface area contributed by atoms with Crippen molar-refractivity contribution in [1.82, 2.24) is 10.2 Å². The lowest BCUT2D eigenvalue weighted by molar-refractivity contribution is -0.113. The number of aryl methyl sites for hydroxylation is 1. The Morgan fingerprint density at radius 1 is 0.862 bits per heavy atom. The van der Waals surface area contributed by atoms with Crippen molar-refractivity contribution in [2.75, 3.05) is 11.1 Å². The van der Waals surface area contributed by atoms with E-state index in [1.807, 2.05) is 86.6 Å². The molecule has 0 unspecified atom stereocenters. The average Bonchev–Trinajstić information content (AvgIpc) is 2.76. The molecule has 4 aromatic rings. The molecule has 1 aromatic heterocycles. The summed E-state index contributed by atoms with van der Waals surface area (Å²) in [7, 11) is 0. The number of hydrogen-bond acceptors (Lipinski definition) is 4. The van der Waals surface area contributed by atoms with Gasteiger partial charge >= 0.3 is 0 Å². The Labute approximate surface area is 174 Å². The smallest absolute Gasteiger partial charge is 0.234 e. The van der Waals surface area contributed by atoms with E-state index in [0.29, 0.717) is 0 Å². The van der Waals surface area contributed by atoms with Crippen LogP contribution in [0.15, 0.2) is 77.8 Å². The molecule has 4 rings (SSSR count). The predicted molar refractivity (Wildman–Crippen MR) is 120 cm³/mol. The number of aromatic nitrogens is 2. The molecule has 0 spiro atoms. The van der Waals surface area contributed by atoms with Crippen molar-refractivity contribution in [3.05, 3.63) is 83.9 Å². The third kappa shape index (κ3) is 4.15. The predicted octanol–water partition coefficient (Wildman–Crippen LogP) is 5.64. The van der Waals surface area contributed by atoms with E-state index < -0.39 is 0 Å². The average molecular weight is 400 g/mol. The number of thioether (sulfide) groups is 1. The number of anilines is 1. The minimum Gasteiger partial charge on any atom is -0.325 e. The van der Waals surface area contributed by atoms with Gasteiger partial charge in [-0.3, -0.25) is 4.79 Å². The second kappa shape index (κ2) is 8.45. The summed E-state index contributed by atoms with van der Waals surface area (Å²) in [4.78, 5) is 12.5. The zero-order valence-corrected chi connectivity index (χ0v) is 17.2. The van der Waals surface area contributed by atoms with E-state index in [0.717, 1.165) is 43.9 Å². The van der Waals surface area contributed by atoms with Crippen LogP contribution in [0.1, 0.15) is 11.1 Å². The van der Waals surface area contributed by atoms with Crippen molar-refractivity contribution in [2.45, 2.75) is 18.9 Å². The molecule has 0 saturated carbocycles. The molecule has 0 aliphatic carbocycles. The molecule has 4 nitrogen and oxygen atoms in total. The number of carbonyl (C=O) groups excluding carboxylic acids is 1. The van der Waals surface area contributed by atoms with Crippen LogP contribution in [0.2, 0.25) is 0 Å². The molecule has 0 fully saturated rings. The zero-order valence-electron chi connectivity index (χ0n) is 16.3. The number of benzene rings is 3. The van der Waals surface area contributed by atoms with Crippen molar-refractivity contribution in [1.29, 1.82) is 0 Å². The van der Waals surface area contributed by atoms with Crippen LogP contribution in [0.4, 0.5) is 5.69 Å². The van der Waals surface area contributed by atoms with Crippen LogP contribution in [-0.4, -0.2) is 21.9 Å². The Morgan fingerprint density at radius 3 is 2.38 bits per heavy atom. The maximum atomic E-state index is 12.5. The highest BCUT2D eigenvalue weighted by atomic mass is 32.2. The molecular formula is C24H21N3OS. The van der Waals surface area contributed by atoms with Gasteiger partial charge in [-0.15, -0.1) is 10.2 Å². The monoisotopic (exact) mass is 399 g/mol. The van der Waals surface area contributed by atoms with Gasteiger partial charge in [0, 0.05) is 22.0 Å². The van der Waals surface area contributed by atoms with Crippen molar-refractivity contribution < 1.29 is 4.79 Å². The van der Waals surface area contributed by atoms with Crippen LogP contribution in [0.5, 0.6) is 0 Å². The standard InChI is InChI=1S/C24H21N3OS/c1-16-9-8-14-21(17(16)2)25-22(28)15-29-24-20-13-7-6-12-19(20)23(26-27-24)18-10-4-3-5-11-18/h3-14H,15H2,1-2H3,(H,25,28). The molecule has 144 valence electrons. The number of fused-ring (bicyclic) bond motifs is 1. The number of carbonyl (C=O) groups is 1. The summed E-state index contributed by atoms with van der Waals surface area (Å²) < 4.78 is 0. The Bertz CT molecular complexity index is 1180. The lowest BCUT2D eigenvalue weighted by atomic mass is 10.1. The van der Waals surface area contributed by atoms with E-state index >= 15 is 0 Å². The van der Waals surface area contributed by atoms with Gasteiger partial charge in [0.05, 0.1) is 5.75 Å². The first-order chi connectivity index (χ1) is 14.1. The van der Waals surface area contributed by atoms with Gasteiger partial charge in [0.1, 0.15) is 10.7 Å². The minimum atomic E-state index is -0.0540. The molecule has 5 heteroatoms. The van der Waals surface area contributed by atoms with E-state index in [-0.39, 0.29) is 11.7 Å². The van der Waals surface area contributed by atoms with Gasteiger partial charge < -0.3 is 5.32 Å². The van der Waals surface area contributed by atoms with Crippen molar-refractivity contribution in [3.8, 4) is 11.3 Å². The van der Waals surface area contributed by atoms with Crippen LogP contribution in [-0.2, 0) is 4.79 Å². The lowest BCUT2D eigenvalue weighted by Crippen LogP contribution is -2.15. The molecule has 1 heterocycles. The number of nitrogens with zero attached hydrogens (tertiary/aromatic N) is 2. The van der Waals surface area contributed by atoms with Gasteiger partial charge in [0.2, 0.25) is 5.91 Å². The molecule has 0 aliphatic heterocycles. The summed E-state index contributed by atoms with van der Waals surface area (Å²) in [6.07, 6.45) is 0. The summed E-state index contributed by atoms with van der Waals surface area (Å²) in [5, 5.41) is 14.7. The molecule has 0 radical (unpaired) electrons. The van der Waals surface area contributed by atoms with Crippen LogP contribution >= 0.6 is 11.8 Å². The van der Waals surface area contributed by atoms with E-state index in [1.54, 1.807) is 0 Å². The summed E-state index contributed by atoms with van der Waals surface area (Å²) in [5.41, 5.74) is 4.98. The molecular weight excluding hydrogens is 378 g/mol. The molecule has 3 aromatic carbocycles. The van der Waals surface area contributed by atoms with E-state index in [2.05, 4.69) is 15.5 Å². The maximum absolute atomic E-state index is 12.5. The zero-order chi connectivity index (χ0) is 20.2. The molecule has 0 aliphatic rings. The Balaban J connectivity index is 1.56.